The van der Waals surface area contributed by atoms with Gasteiger partial charge in [0.2, 0.25) is 5.89 Å². The molecular formula is C14H18N4O2. The molecule has 0 amide bonds. The number of hydrogen-bond donors (Lipinski definition) is 1. The van der Waals surface area contributed by atoms with Crippen LogP contribution in [-0.4, -0.2) is 21.2 Å². The molecule has 1 N–H and O–H groups in total. The van der Waals surface area contributed by atoms with Crippen LogP contribution in [0.15, 0.2) is 22.7 Å². The van der Waals surface area contributed by atoms with Crippen molar-refractivity contribution >= 4 is 0 Å². The monoisotopic (exact) mass is 274 g/mol. The summed E-state index contributed by atoms with van der Waals surface area (Å²) in [6.07, 6.45) is 5.02. The highest BCUT2D eigenvalue weighted by Gasteiger charge is 2.20. The summed E-state index contributed by atoms with van der Waals surface area (Å²) in [6, 6.07) is 4.57. The van der Waals surface area contributed by atoms with Crippen LogP contribution >= 0.6 is 0 Å². The third-order valence-corrected chi connectivity index (χ3v) is 3.12. The van der Waals surface area contributed by atoms with Crippen molar-refractivity contribution in [1.82, 2.24) is 20.5 Å². The van der Waals surface area contributed by atoms with Gasteiger partial charge in [0.1, 0.15) is 5.75 Å². The van der Waals surface area contributed by atoms with Gasteiger partial charge >= 0.3 is 0 Å². The maximum absolute atomic E-state index is 5.56. The maximum Gasteiger partial charge on any atom is 0.253 e. The highest BCUT2D eigenvalue weighted by Crippen LogP contribution is 2.19. The molecule has 2 aromatic heterocycles. The third-order valence-electron chi connectivity index (χ3n) is 3.12. The summed E-state index contributed by atoms with van der Waals surface area (Å²) >= 11 is 0. The number of aromatic nitrogens is 3. The number of ether oxygens (including phenoxy) is 1. The van der Waals surface area contributed by atoms with E-state index in [1.54, 1.807) is 6.20 Å². The Morgan fingerprint density at radius 2 is 2.15 bits per heavy atom. The lowest BCUT2D eigenvalue weighted by atomic mass is 10.3. The SMILES string of the molecule is CCc1nnc(COc2ccc(CNC3CC3)nc2)o1. The average molecular weight is 274 g/mol. The fourth-order valence-electron chi connectivity index (χ4n) is 1.77. The van der Waals surface area contributed by atoms with E-state index in [2.05, 4.69) is 20.5 Å². The predicted molar refractivity (Wildman–Crippen MR) is 72.1 cm³/mol. The Balaban J connectivity index is 1.49. The van der Waals surface area contributed by atoms with E-state index < -0.39 is 0 Å². The molecule has 6 heteroatoms. The molecule has 0 atom stereocenters. The summed E-state index contributed by atoms with van der Waals surface area (Å²) in [5, 5.41) is 11.2. The van der Waals surface area contributed by atoms with Gasteiger partial charge in [-0.25, -0.2) is 0 Å². The molecule has 1 aliphatic rings. The van der Waals surface area contributed by atoms with Crippen LogP contribution in [-0.2, 0) is 19.6 Å². The summed E-state index contributed by atoms with van der Waals surface area (Å²) in [5.74, 6) is 1.82. The molecule has 1 aliphatic carbocycles. The van der Waals surface area contributed by atoms with E-state index in [9.17, 15) is 0 Å². The van der Waals surface area contributed by atoms with Crippen LogP contribution in [0, 0.1) is 0 Å². The molecule has 2 heterocycles. The van der Waals surface area contributed by atoms with Crippen molar-refractivity contribution in [3.05, 3.63) is 35.8 Å². The van der Waals surface area contributed by atoms with Crippen LogP contribution in [0.4, 0.5) is 0 Å². The van der Waals surface area contributed by atoms with Crippen LogP contribution in [0.3, 0.4) is 0 Å². The summed E-state index contributed by atoms with van der Waals surface area (Å²) in [4.78, 5) is 4.36. The smallest absolute Gasteiger partial charge is 0.253 e. The van der Waals surface area contributed by atoms with E-state index >= 15 is 0 Å². The molecule has 2 aromatic rings. The zero-order valence-electron chi connectivity index (χ0n) is 11.5. The minimum atomic E-state index is 0.272. The Morgan fingerprint density at radius 1 is 1.30 bits per heavy atom. The van der Waals surface area contributed by atoms with E-state index in [4.69, 9.17) is 9.15 Å². The third kappa shape index (κ3) is 3.54. The molecule has 6 nitrogen and oxygen atoms in total. The minimum Gasteiger partial charge on any atom is -0.482 e. The predicted octanol–water partition coefficient (Wildman–Crippen LogP) is 1.86. The molecule has 0 aliphatic heterocycles. The van der Waals surface area contributed by atoms with E-state index in [-0.39, 0.29) is 6.61 Å². The standard InChI is InChI=1S/C14H18N4O2/c1-2-13-17-18-14(20-13)9-19-12-6-5-11(16-8-12)7-15-10-3-4-10/h5-6,8,10,15H,2-4,7,9H2,1H3. The zero-order valence-corrected chi connectivity index (χ0v) is 11.5. The van der Waals surface area contributed by atoms with E-state index in [1.165, 1.54) is 12.8 Å². The molecular weight excluding hydrogens is 256 g/mol. The fourth-order valence-corrected chi connectivity index (χ4v) is 1.77. The Labute approximate surface area is 117 Å². The lowest BCUT2D eigenvalue weighted by Crippen LogP contribution is -2.16. The summed E-state index contributed by atoms with van der Waals surface area (Å²) < 4.78 is 10.9. The topological polar surface area (TPSA) is 73.1 Å². The van der Waals surface area contributed by atoms with Gasteiger partial charge in [0.25, 0.3) is 5.89 Å². The highest BCUT2D eigenvalue weighted by molar-refractivity contribution is 5.20. The Hall–Kier alpha value is -1.95. The second-order valence-electron chi connectivity index (χ2n) is 4.87. The molecule has 1 saturated carbocycles. The van der Waals surface area contributed by atoms with Gasteiger partial charge in [-0.15, -0.1) is 10.2 Å². The molecule has 1 fully saturated rings. The molecule has 20 heavy (non-hydrogen) atoms. The normalized spacial score (nSPS) is 14.4. The van der Waals surface area contributed by atoms with Gasteiger partial charge in [0.05, 0.1) is 11.9 Å². The van der Waals surface area contributed by atoms with Crippen LogP contribution in [0.1, 0.15) is 37.2 Å². The van der Waals surface area contributed by atoms with E-state index in [1.807, 2.05) is 19.1 Å². The van der Waals surface area contributed by atoms with E-state index in [0.717, 1.165) is 18.7 Å². The number of pyridine rings is 1. The Kier molecular flexibility index (Phi) is 3.92. The van der Waals surface area contributed by atoms with Crippen molar-refractivity contribution in [2.24, 2.45) is 0 Å². The zero-order chi connectivity index (χ0) is 13.8. The molecule has 0 spiro atoms. The van der Waals surface area contributed by atoms with Crippen molar-refractivity contribution < 1.29 is 9.15 Å². The molecule has 3 rings (SSSR count). The van der Waals surface area contributed by atoms with Gasteiger partial charge in [-0.3, -0.25) is 4.98 Å². The Bertz CT molecular complexity index is 549. The molecule has 0 radical (unpaired) electrons. The first kappa shape index (κ1) is 13.1. The minimum absolute atomic E-state index is 0.272. The number of hydrogen-bond acceptors (Lipinski definition) is 6. The van der Waals surface area contributed by atoms with Crippen molar-refractivity contribution in [3.8, 4) is 5.75 Å². The van der Waals surface area contributed by atoms with Crippen molar-refractivity contribution in [2.75, 3.05) is 0 Å². The first-order chi connectivity index (χ1) is 9.83. The number of nitrogens with zero attached hydrogens (tertiary/aromatic N) is 3. The van der Waals surface area contributed by atoms with Crippen molar-refractivity contribution in [2.45, 2.75) is 45.4 Å². The van der Waals surface area contributed by atoms with Crippen LogP contribution in [0.25, 0.3) is 0 Å². The highest BCUT2D eigenvalue weighted by atomic mass is 16.5. The van der Waals surface area contributed by atoms with Crippen LogP contribution in [0.2, 0.25) is 0 Å². The summed E-state index contributed by atoms with van der Waals surface area (Å²) in [6.45, 7) is 3.05. The Morgan fingerprint density at radius 3 is 2.80 bits per heavy atom. The second kappa shape index (κ2) is 6.00. The van der Waals surface area contributed by atoms with Crippen molar-refractivity contribution in [1.29, 1.82) is 0 Å². The average Bonchev–Trinajstić information content (AvgIpc) is 3.21. The molecule has 0 bridgehead atoms. The number of aryl methyl sites for hydroxylation is 1. The van der Waals surface area contributed by atoms with Crippen molar-refractivity contribution in [3.63, 3.8) is 0 Å². The lowest BCUT2D eigenvalue weighted by molar-refractivity contribution is 0.258. The van der Waals surface area contributed by atoms with Gasteiger partial charge in [-0.05, 0) is 25.0 Å². The number of nitrogens with one attached hydrogen (secondary N) is 1. The lowest BCUT2D eigenvalue weighted by Gasteiger charge is -2.05. The molecule has 0 aromatic carbocycles. The first-order valence-electron chi connectivity index (χ1n) is 6.96. The quantitative estimate of drug-likeness (QED) is 0.830. The molecule has 0 saturated heterocycles. The van der Waals surface area contributed by atoms with Gasteiger partial charge in [-0.1, -0.05) is 6.92 Å². The number of rotatable bonds is 7. The molecule has 0 unspecified atom stereocenters. The van der Waals surface area contributed by atoms with E-state index in [0.29, 0.717) is 23.6 Å². The fraction of sp³-hybridized carbons (Fsp3) is 0.500. The second-order valence-corrected chi connectivity index (χ2v) is 4.87. The van der Waals surface area contributed by atoms with Gasteiger partial charge in [-0.2, -0.15) is 0 Å². The summed E-state index contributed by atoms with van der Waals surface area (Å²) in [7, 11) is 0. The van der Waals surface area contributed by atoms with Gasteiger partial charge < -0.3 is 14.5 Å². The van der Waals surface area contributed by atoms with Crippen LogP contribution < -0.4 is 10.1 Å². The summed E-state index contributed by atoms with van der Waals surface area (Å²) in [5.41, 5.74) is 1.02. The molecule has 106 valence electrons. The van der Waals surface area contributed by atoms with Gasteiger partial charge in [0, 0.05) is 19.0 Å². The van der Waals surface area contributed by atoms with Crippen LogP contribution in [0.5, 0.6) is 5.75 Å². The maximum atomic E-state index is 5.56. The first-order valence-corrected chi connectivity index (χ1v) is 6.96. The van der Waals surface area contributed by atoms with Gasteiger partial charge in [0.15, 0.2) is 6.61 Å². The largest absolute Gasteiger partial charge is 0.482 e.